The molecule has 3 aromatic rings. The van der Waals surface area contributed by atoms with Gasteiger partial charge in [-0.05, 0) is 48.9 Å². The number of amides is 2. The monoisotopic (exact) mass is 614 g/mol. The van der Waals surface area contributed by atoms with Crippen LogP contribution in [0.15, 0.2) is 72.8 Å². The lowest BCUT2D eigenvalue weighted by Crippen LogP contribution is -2.49. The summed E-state index contributed by atoms with van der Waals surface area (Å²) in [5.74, 6) is 0.177. The van der Waals surface area contributed by atoms with Gasteiger partial charge in [-0.15, -0.1) is 0 Å². The van der Waals surface area contributed by atoms with E-state index >= 15 is 0 Å². The molecule has 240 valence electrons. The maximum atomic E-state index is 13.8. The summed E-state index contributed by atoms with van der Waals surface area (Å²) >= 11 is 0. The zero-order valence-electron chi connectivity index (χ0n) is 26.7. The van der Waals surface area contributed by atoms with Gasteiger partial charge in [-0.25, -0.2) is 0 Å². The van der Waals surface area contributed by atoms with Crippen molar-refractivity contribution in [3.05, 3.63) is 83.9 Å². The number of hydrogen-bond donors (Lipinski definition) is 2. The number of hydrogen-bond acceptors (Lipinski definition) is 7. The lowest BCUT2D eigenvalue weighted by Gasteiger charge is -2.38. The molecule has 2 amide bonds. The number of nitrogens with one attached hydrogen (secondary N) is 1. The van der Waals surface area contributed by atoms with Gasteiger partial charge in [-0.3, -0.25) is 19.4 Å². The zero-order valence-corrected chi connectivity index (χ0v) is 26.7. The van der Waals surface area contributed by atoms with Gasteiger partial charge in [0.2, 0.25) is 5.91 Å². The number of morpholine rings is 1. The van der Waals surface area contributed by atoms with Crippen LogP contribution in [0.3, 0.4) is 0 Å². The smallest absolute Gasteiger partial charge is 0.258 e. The van der Waals surface area contributed by atoms with E-state index in [1.165, 1.54) is 16.7 Å². The van der Waals surface area contributed by atoms with E-state index in [9.17, 15) is 14.7 Å². The minimum Gasteiger partial charge on any atom is -0.488 e. The molecule has 5 rings (SSSR count). The Labute approximate surface area is 266 Å². The summed E-state index contributed by atoms with van der Waals surface area (Å²) in [4.78, 5) is 32.8. The van der Waals surface area contributed by atoms with Gasteiger partial charge in [0.25, 0.3) is 5.91 Å². The lowest BCUT2D eigenvalue weighted by molar-refractivity contribution is -0.116. The van der Waals surface area contributed by atoms with Gasteiger partial charge < -0.3 is 24.8 Å². The van der Waals surface area contributed by atoms with Gasteiger partial charge in [-0.1, -0.05) is 61.5 Å². The molecule has 9 nitrogen and oxygen atoms in total. The van der Waals surface area contributed by atoms with Crippen molar-refractivity contribution in [1.29, 1.82) is 0 Å². The van der Waals surface area contributed by atoms with Gasteiger partial charge in [0, 0.05) is 57.3 Å². The van der Waals surface area contributed by atoms with E-state index in [1.807, 2.05) is 25.1 Å². The van der Waals surface area contributed by atoms with Crippen LogP contribution >= 0.6 is 0 Å². The third-order valence-corrected chi connectivity index (χ3v) is 8.71. The molecule has 0 bridgehead atoms. The lowest BCUT2D eigenvalue weighted by atomic mass is 9.99. The number of anilines is 1. The number of fused-ring (bicyclic) bond motifs is 1. The van der Waals surface area contributed by atoms with Crippen LogP contribution in [0.2, 0.25) is 0 Å². The number of aliphatic hydroxyl groups excluding tert-OH is 1. The van der Waals surface area contributed by atoms with Crippen molar-refractivity contribution in [2.45, 2.75) is 39.0 Å². The molecule has 2 N–H and O–H groups in total. The van der Waals surface area contributed by atoms with Gasteiger partial charge in [0.1, 0.15) is 11.9 Å². The second-order valence-corrected chi connectivity index (χ2v) is 12.3. The van der Waals surface area contributed by atoms with E-state index < -0.39 is 0 Å². The Morgan fingerprint density at radius 2 is 1.76 bits per heavy atom. The van der Waals surface area contributed by atoms with Crippen molar-refractivity contribution >= 4 is 17.5 Å². The quantitative estimate of drug-likeness (QED) is 0.331. The second kappa shape index (κ2) is 15.5. The Bertz CT molecular complexity index is 1410. The number of ether oxygens (including phenoxy) is 2. The van der Waals surface area contributed by atoms with Crippen LogP contribution in [0.4, 0.5) is 5.69 Å². The normalized spacial score (nSPS) is 19.8. The summed E-state index contributed by atoms with van der Waals surface area (Å²) in [7, 11) is 2.08. The van der Waals surface area contributed by atoms with E-state index in [4.69, 9.17) is 9.47 Å². The predicted molar refractivity (Wildman–Crippen MR) is 176 cm³/mol. The molecule has 2 aliphatic rings. The Morgan fingerprint density at radius 3 is 2.47 bits per heavy atom. The van der Waals surface area contributed by atoms with Crippen molar-refractivity contribution in [2.75, 3.05) is 64.9 Å². The topological polar surface area (TPSA) is 94.6 Å². The first-order valence-corrected chi connectivity index (χ1v) is 16.0. The first kappa shape index (κ1) is 32.6. The van der Waals surface area contributed by atoms with E-state index in [0.717, 1.165) is 19.6 Å². The zero-order chi connectivity index (χ0) is 31.8. The van der Waals surface area contributed by atoms with Crippen LogP contribution in [0.5, 0.6) is 5.75 Å². The van der Waals surface area contributed by atoms with Crippen LogP contribution in [0, 0.1) is 5.92 Å². The molecule has 0 saturated carbocycles. The summed E-state index contributed by atoms with van der Waals surface area (Å²) in [5.41, 5.74) is 4.52. The highest BCUT2D eigenvalue weighted by Gasteiger charge is 2.33. The average molecular weight is 615 g/mol. The molecule has 45 heavy (non-hydrogen) atoms. The summed E-state index contributed by atoms with van der Waals surface area (Å²) in [5, 5.41) is 13.0. The molecule has 3 aromatic carbocycles. The molecule has 9 heteroatoms. The van der Waals surface area contributed by atoms with Crippen LogP contribution in [-0.4, -0.2) is 103 Å². The van der Waals surface area contributed by atoms with E-state index in [1.54, 1.807) is 23.1 Å². The molecule has 0 aromatic heterocycles. The van der Waals surface area contributed by atoms with Crippen molar-refractivity contribution in [2.24, 2.45) is 5.92 Å². The Kier molecular flexibility index (Phi) is 11.2. The maximum Gasteiger partial charge on any atom is 0.258 e. The fourth-order valence-electron chi connectivity index (χ4n) is 5.94. The number of carbonyl (C=O) groups excluding carboxylic acids is 2. The van der Waals surface area contributed by atoms with Gasteiger partial charge in [0.05, 0.1) is 31.4 Å². The first-order valence-electron chi connectivity index (χ1n) is 16.0. The average Bonchev–Trinajstić information content (AvgIpc) is 3.06. The van der Waals surface area contributed by atoms with Crippen LogP contribution in [0.1, 0.15) is 36.2 Å². The molecule has 0 radical (unpaired) electrons. The number of benzene rings is 3. The number of likely N-dealkylation sites (N-methyl/N-ethyl adjacent to an activating group) is 1. The van der Waals surface area contributed by atoms with Crippen LogP contribution in [-0.2, 0) is 16.1 Å². The van der Waals surface area contributed by atoms with Crippen molar-refractivity contribution in [3.8, 4) is 16.9 Å². The van der Waals surface area contributed by atoms with Gasteiger partial charge >= 0.3 is 0 Å². The Balaban J connectivity index is 1.28. The molecule has 0 spiro atoms. The molecular weight excluding hydrogens is 568 g/mol. The minimum absolute atomic E-state index is 0.0126. The standard InChI is InChI=1S/C36H46N4O5/c1-26-22-40(27(2)25-41)36(43)32-21-31(37-35(42)15-16-39-17-19-44-20-18-39)13-14-33(32)45-34(26)24-38(3)23-28-9-11-30(12-10-28)29-7-5-4-6-8-29/h4-14,21,26-27,34,41H,15-20,22-25H2,1-3H3,(H,37,42)/t26-,27+,34+/m0/s1. The van der Waals surface area contributed by atoms with Gasteiger partial charge in [0.15, 0.2) is 0 Å². The second-order valence-electron chi connectivity index (χ2n) is 12.3. The molecule has 1 fully saturated rings. The highest BCUT2D eigenvalue weighted by Crippen LogP contribution is 2.31. The van der Waals surface area contributed by atoms with Crippen molar-refractivity contribution in [1.82, 2.24) is 14.7 Å². The SMILES string of the molecule is C[C@H](CO)N1C[C@H](C)[C@@H](CN(C)Cc2ccc(-c3ccccc3)cc2)Oc2ccc(NC(=O)CCN3CCOCC3)cc2C1=O. The van der Waals surface area contributed by atoms with Crippen LogP contribution < -0.4 is 10.1 Å². The molecule has 0 aliphatic carbocycles. The third-order valence-electron chi connectivity index (χ3n) is 8.71. The molecule has 2 heterocycles. The summed E-state index contributed by atoms with van der Waals surface area (Å²) in [6, 6.07) is 23.9. The largest absolute Gasteiger partial charge is 0.488 e. The molecule has 0 unspecified atom stereocenters. The summed E-state index contributed by atoms with van der Waals surface area (Å²) in [6.45, 7) is 9.33. The number of carbonyl (C=O) groups is 2. The van der Waals surface area contributed by atoms with E-state index in [-0.39, 0.29) is 36.5 Å². The van der Waals surface area contributed by atoms with Crippen molar-refractivity contribution < 1.29 is 24.2 Å². The molecular formula is C36H46N4O5. The van der Waals surface area contributed by atoms with E-state index in [2.05, 4.69) is 65.5 Å². The predicted octanol–water partition coefficient (Wildman–Crippen LogP) is 4.37. The Morgan fingerprint density at radius 1 is 1.04 bits per heavy atom. The third kappa shape index (κ3) is 8.70. The highest BCUT2D eigenvalue weighted by atomic mass is 16.5. The van der Waals surface area contributed by atoms with E-state index in [0.29, 0.717) is 56.3 Å². The maximum absolute atomic E-state index is 13.8. The molecule has 1 saturated heterocycles. The van der Waals surface area contributed by atoms with Gasteiger partial charge in [-0.2, -0.15) is 0 Å². The first-order chi connectivity index (χ1) is 21.8. The van der Waals surface area contributed by atoms with Crippen molar-refractivity contribution in [3.63, 3.8) is 0 Å². The minimum atomic E-state index is -0.362. The fourth-order valence-corrected chi connectivity index (χ4v) is 5.94. The molecule has 3 atom stereocenters. The summed E-state index contributed by atoms with van der Waals surface area (Å²) < 4.78 is 12.0. The molecule has 2 aliphatic heterocycles. The number of aliphatic hydroxyl groups is 1. The summed E-state index contributed by atoms with van der Waals surface area (Å²) in [6.07, 6.45) is 0.156. The fraction of sp³-hybridized carbons (Fsp3) is 0.444. The number of nitrogens with zero attached hydrogens (tertiary/aromatic N) is 3. The highest BCUT2D eigenvalue weighted by molar-refractivity contribution is 6.00. The Hall–Kier alpha value is -3.76. The van der Waals surface area contributed by atoms with Crippen LogP contribution in [0.25, 0.3) is 11.1 Å². The number of rotatable bonds is 11.